The molecule has 2 fully saturated rings. The number of likely N-dealkylation sites (tertiary alicyclic amines) is 1. The average Bonchev–Trinajstić information content (AvgIpc) is 3.27. The number of benzene rings is 1. The number of carbonyl (C=O) groups excluding carboxylic acids is 3. The first-order valence-electron chi connectivity index (χ1n) is 10.4. The fourth-order valence-electron chi connectivity index (χ4n) is 3.65. The lowest BCUT2D eigenvalue weighted by Gasteiger charge is -2.21. The zero-order valence-electron chi connectivity index (χ0n) is 18.4. The molecule has 2 atom stereocenters. The number of anilines is 1. The molecule has 11 nitrogen and oxygen atoms in total. The van der Waals surface area contributed by atoms with E-state index < -0.39 is 58.3 Å². The number of nitrogens with zero attached hydrogens (tertiary/aromatic N) is 2. The van der Waals surface area contributed by atoms with E-state index in [9.17, 15) is 27.9 Å². The topological polar surface area (TPSA) is 143 Å². The minimum atomic E-state index is -4.30. The van der Waals surface area contributed by atoms with E-state index in [1.165, 1.54) is 17.9 Å². The molecule has 0 aromatic heterocycles. The van der Waals surface area contributed by atoms with Crippen molar-refractivity contribution < 1.29 is 41.8 Å². The number of phenols is 1. The number of rotatable bonds is 6. The van der Waals surface area contributed by atoms with Gasteiger partial charge in [-0.15, -0.1) is 0 Å². The molecule has 33 heavy (non-hydrogen) atoms. The molecular weight excluding hydrogens is 461 g/mol. The van der Waals surface area contributed by atoms with Crippen molar-refractivity contribution >= 4 is 33.9 Å². The Balaban J connectivity index is 1.65. The van der Waals surface area contributed by atoms with Crippen LogP contribution in [0.25, 0.3) is 0 Å². The Labute approximate surface area is 190 Å². The van der Waals surface area contributed by atoms with Gasteiger partial charge < -0.3 is 19.5 Å². The van der Waals surface area contributed by atoms with Gasteiger partial charge in [-0.05, 0) is 30.4 Å². The largest absolute Gasteiger partial charge is 0.506 e. The van der Waals surface area contributed by atoms with Crippen molar-refractivity contribution in [2.45, 2.75) is 39.9 Å². The van der Waals surface area contributed by atoms with Crippen molar-refractivity contribution in [3.05, 3.63) is 23.5 Å². The van der Waals surface area contributed by atoms with Gasteiger partial charge >= 0.3 is 22.3 Å². The summed E-state index contributed by atoms with van der Waals surface area (Å²) in [7, 11) is -4.30. The van der Waals surface area contributed by atoms with Gasteiger partial charge in [0, 0.05) is 20.0 Å². The highest BCUT2D eigenvalue weighted by molar-refractivity contribution is 7.92. The van der Waals surface area contributed by atoms with E-state index in [-0.39, 0.29) is 30.4 Å². The molecule has 1 aromatic carbocycles. The maximum absolute atomic E-state index is 15.2. The summed E-state index contributed by atoms with van der Waals surface area (Å²) in [4.78, 5) is 36.8. The number of halogens is 1. The van der Waals surface area contributed by atoms with Crippen LogP contribution >= 0.6 is 0 Å². The molecular formula is C20H26FN3O8S. The molecule has 2 amide bonds. The van der Waals surface area contributed by atoms with E-state index in [4.69, 9.17) is 9.47 Å². The summed E-state index contributed by atoms with van der Waals surface area (Å²) in [5, 5.41) is 10.1. The molecule has 1 aromatic rings. The molecule has 2 saturated heterocycles. The fourth-order valence-corrected chi connectivity index (χ4v) is 4.82. The van der Waals surface area contributed by atoms with Crippen LogP contribution in [0.15, 0.2) is 12.1 Å². The second kappa shape index (κ2) is 9.41. The zero-order chi connectivity index (χ0) is 24.5. The van der Waals surface area contributed by atoms with Crippen LogP contribution in [0.3, 0.4) is 0 Å². The summed E-state index contributed by atoms with van der Waals surface area (Å²) in [6.07, 6.45) is -1.02. The van der Waals surface area contributed by atoms with Crippen LogP contribution in [0.1, 0.15) is 32.8 Å². The normalized spacial score (nSPS) is 20.6. The van der Waals surface area contributed by atoms with Gasteiger partial charge in [0.2, 0.25) is 6.29 Å². The van der Waals surface area contributed by atoms with Gasteiger partial charge in [-0.1, -0.05) is 19.9 Å². The summed E-state index contributed by atoms with van der Waals surface area (Å²) in [5.41, 5.74) is -0.460. The van der Waals surface area contributed by atoms with Gasteiger partial charge in [-0.3, -0.25) is 9.59 Å². The van der Waals surface area contributed by atoms with Crippen molar-refractivity contribution in [2.24, 2.45) is 11.8 Å². The van der Waals surface area contributed by atoms with Crippen LogP contribution in [0.2, 0.25) is 0 Å². The first-order valence-corrected chi connectivity index (χ1v) is 11.8. The second-order valence-corrected chi connectivity index (χ2v) is 9.89. The van der Waals surface area contributed by atoms with Crippen molar-refractivity contribution in [3.63, 3.8) is 0 Å². The number of carbonyl (C=O) groups is 3. The maximum Gasteiger partial charge on any atom is 0.412 e. The van der Waals surface area contributed by atoms with Crippen molar-refractivity contribution in [1.29, 1.82) is 0 Å². The summed E-state index contributed by atoms with van der Waals surface area (Å²) >= 11 is 0. The lowest BCUT2D eigenvalue weighted by Crippen LogP contribution is -2.34. The predicted molar refractivity (Wildman–Crippen MR) is 113 cm³/mol. The Bertz CT molecular complexity index is 1060. The molecule has 0 spiro atoms. The van der Waals surface area contributed by atoms with Crippen molar-refractivity contribution in [2.75, 3.05) is 23.9 Å². The van der Waals surface area contributed by atoms with E-state index in [0.717, 1.165) is 6.07 Å². The van der Waals surface area contributed by atoms with E-state index >= 15 is 4.39 Å². The third-order valence-corrected chi connectivity index (χ3v) is 6.69. The highest BCUT2D eigenvalue weighted by Crippen LogP contribution is 2.36. The number of hydrogen-bond acceptors (Lipinski definition) is 8. The van der Waals surface area contributed by atoms with E-state index in [1.807, 2.05) is 0 Å². The number of esters is 1. The van der Waals surface area contributed by atoms with Crippen molar-refractivity contribution in [1.82, 2.24) is 9.62 Å². The predicted octanol–water partition coefficient (Wildman–Crippen LogP) is 1.26. The molecule has 182 valence electrons. The Hall–Kier alpha value is -3.09. The fraction of sp³-hybridized carbons (Fsp3) is 0.550. The molecule has 2 aliphatic rings. The number of aromatic hydroxyl groups is 1. The number of nitrogens with one attached hydrogen (secondary N) is 1. The molecule has 3 rings (SSSR count). The third-order valence-electron chi connectivity index (χ3n) is 5.32. The van der Waals surface area contributed by atoms with Crippen LogP contribution in [0, 0.1) is 17.7 Å². The van der Waals surface area contributed by atoms with Gasteiger partial charge in [-0.25, -0.2) is 18.2 Å². The monoisotopic (exact) mass is 487 g/mol. The van der Waals surface area contributed by atoms with Gasteiger partial charge in [0.25, 0.3) is 5.91 Å². The van der Waals surface area contributed by atoms with Gasteiger partial charge in [0.1, 0.15) is 18.0 Å². The number of amides is 2. The van der Waals surface area contributed by atoms with Crippen LogP contribution in [0.4, 0.5) is 14.9 Å². The lowest BCUT2D eigenvalue weighted by atomic mass is 9.97. The van der Waals surface area contributed by atoms with Crippen molar-refractivity contribution in [3.8, 4) is 5.75 Å². The number of ether oxygens (including phenoxy) is 2. The van der Waals surface area contributed by atoms with Crippen LogP contribution in [-0.2, 0) is 35.7 Å². The lowest BCUT2D eigenvalue weighted by molar-refractivity contribution is -0.169. The smallest absolute Gasteiger partial charge is 0.412 e. The Kier molecular flexibility index (Phi) is 7.00. The Morgan fingerprint density at radius 2 is 1.97 bits per heavy atom. The van der Waals surface area contributed by atoms with Gasteiger partial charge in [0.15, 0.2) is 5.82 Å². The van der Waals surface area contributed by atoms with Gasteiger partial charge in [-0.2, -0.15) is 8.42 Å². The number of hydrogen-bond donors (Lipinski definition) is 2. The molecule has 2 unspecified atom stereocenters. The molecule has 0 aliphatic carbocycles. The highest BCUT2D eigenvalue weighted by atomic mass is 32.2. The third kappa shape index (κ3) is 5.46. The first kappa shape index (κ1) is 24.6. The molecule has 0 radical (unpaired) electrons. The molecule has 2 aliphatic heterocycles. The minimum Gasteiger partial charge on any atom is -0.506 e. The average molecular weight is 488 g/mol. The molecule has 13 heteroatoms. The first-order chi connectivity index (χ1) is 15.4. The van der Waals surface area contributed by atoms with Crippen LogP contribution < -0.4 is 9.03 Å². The van der Waals surface area contributed by atoms with Crippen LogP contribution in [0.5, 0.6) is 5.75 Å². The second-order valence-electron chi connectivity index (χ2n) is 8.29. The molecule has 0 saturated carbocycles. The summed E-state index contributed by atoms with van der Waals surface area (Å²) in [6, 6.07) is 2.50. The maximum atomic E-state index is 15.2. The standard InChI is InChI=1S/C20H26FN3O8S/c1-11(2)19(27)31-12(3)32-20(28)23-7-6-13(9-23)8-14-4-5-15(25)18(17(14)21)24-10-16(26)22-33(24,29)30/h4-5,11-13,25H,6-10H2,1-3H3,(H,22,26). The van der Waals surface area contributed by atoms with E-state index in [1.54, 1.807) is 18.6 Å². The summed E-state index contributed by atoms with van der Waals surface area (Å²) in [5.74, 6) is -3.42. The highest BCUT2D eigenvalue weighted by Gasteiger charge is 2.38. The van der Waals surface area contributed by atoms with E-state index in [2.05, 4.69) is 0 Å². The van der Waals surface area contributed by atoms with Crippen LogP contribution in [-0.4, -0.2) is 62.3 Å². The molecule has 2 heterocycles. The molecule has 0 bridgehead atoms. The van der Waals surface area contributed by atoms with E-state index in [0.29, 0.717) is 17.3 Å². The zero-order valence-corrected chi connectivity index (χ0v) is 19.2. The molecule has 2 N–H and O–H groups in total. The number of phenolic OH excluding ortho intramolecular Hbond substituents is 1. The minimum absolute atomic E-state index is 0.136. The summed E-state index contributed by atoms with van der Waals surface area (Å²) < 4.78 is 51.7. The Morgan fingerprint density at radius 3 is 2.58 bits per heavy atom. The summed E-state index contributed by atoms with van der Waals surface area (Å²) in [6.45, 7) is 4.71. The quantitative estimate of drug-likeness (QED) is 0.451. The SMILES string of the molecule is CC(OC(=O)C(C)C)OC(=O)N1CCC(Cc2ccc(O)c(N3CC(=O)NS3(=O)=O)c2F)C1. The Morgan fingerprint density at radius 1 is 1.27 bits per heavy atom. The van der Waals surface area contributed by atoms with Gasteiger partial charge in [0.05, 0.1) is 5.92 Å².